The van der Waals surface area contributed by atoms with E-state index >= 15 is 0 Å². The lowest BCUT2D eigenvalue weighted by Crippen LogP contribution is -2.09. The summed E-state index contributed by atoms with van der Waals surface area (Å²) in [4.78, 5) is 8.58. The summed E-state index contributed by atoms with van der Waals surface area (Å²) in [6.07, 6.45) is 0. The molecule has 0 fully saturated rings. The zero-order chi connectivity index (χ0) is 18.0. The topological polar surface area (TPSA) is 93.8 Å². The van der Waals surface area contributed by atoms with Crippen LogP contribution in [0.1, 0.15) is 17.0 Å². The number of anilines is 1. The third kappa shape index (κ3) is 3.31. The first-order valence-corrected chi connectivity index (χ1v) is 7.92. The van der Waals surface area contributed by atoms with Crippen molar-refractivity contribution < 1.29 is 14.6 Å². The quantitative estimate of drug-likeness (QED) is 0.648. The highest BCUT2D eigenvalue weighted by Gasteiger charge is 2.15. The van der Waals surface area contributed by atoms with Crippen molar-refractivity contribution in [3.8, 4) is 11.5 Å². The lowest BCUT2D eigenvalue weighted by Gasteiger charge is -2.12. The van der Waals surface area contributed by atoms with Gasteiger partial charge in [-0.05, 0) is 19.1 Å². The van der Waals surface area contributed by atoms with E-state index in [1.54, 1.807) is 21.1 Å². The zero-order valence-corrected chi connectivity index (χ0v) is 14.8. The number of benzene rings is 1. The minimum Gasteiger partial charge on any atom is -0.497 e. The first-order valence-electron chi connectivity index (χ1n) is 7.54. The number of rotatable bonds is 6. The molecule has 0 bridgehead atoms. The predicted molar refractivity (Wildman–Crippen MR) is 93.3 cm³/mol. The number of aromatic nitrogens is 4. The van der Waals surface area contributed by atoms with Gasteiger partial charge in [-0.1, -0.05) is 11.6 Å². The molecule has 1 aromatic carbocycles. The summed E-state index contributed by atoms with van der Waals surface area (Å²) < 4.78 is 12.1. The molecular formula is C16H18ClN5O3. The number of aliphatic hydroxyl groups excluding tert-OH is 1. The fourth-order valence-corrected chi connectivity index (χ4v) is 2.58. The van der Waals surface area contributed by atoms with Crippen LogP contribution in [0.2, 0.25) is 5.15 Å². The highest BCUT2D eigenvalue weighted by molar-refractivity contribution is 6.30. The van der Waals surface area contributed by atoms with Gasteiger partial charge in [0.25, 0.3) is 0 Å². The van der Waals surface area contributed by atoms with Gasteiger partial charge in [0.2, 0.25) is 5.95 Å². The van der Waals surface area contributed by atoms with Crippen LogP contribution in [0.4, 0.5) is 5.95 Å². The molecule has 9 heteroatoms. The second-order valence-electron chi connectivity index (χ2n) is 5.30. The van der Waals surface area contributed by atoms with Crippen molar-refractivity contribution >= 4 is 23.2 Å². The molecule has 25 heavy (non-hydrogen) atoms. The normalized spacial score (nSPS) is 10.9. The number of aryl methyl sites for hydroxylation is 1. The van der Waals surface area contributed by atoms with E-state index < -0.39 is 0 Å². The van der Waals surface area contributed by atoms with E-state index in [1.165, 1.54) is 4.52 Å². The Morgan fingerprint density at radius 2 is 2.04 bits per heavy atom. The van der Waals surface area contributed by atoms with Crippen LogP contribution in [0.5, 0.6) is 11.5 Å². The van der Waals surface area contributed by atoms with E-state index in [4.69, 9.17) is 21.1 Å². The highest BCUT2D eigenvalue weighted by Crippen LogP contribution is 2.26. The highest BCUT2D eigenvalue weighted by atomic mass is 35.5. The van der Waals surface area contributed by atoms with Crippen LogP contribution >= 0.6 is 11.6 Å². The lowest BCUT2D eigenvalue weighted by molar-refractivity contribution is 0.271. The number of aliphatic hydroxyl groups is 1. The Morgan fingerprint density at radius 3 is 2.72 bits per heavy atom. The minimum atomic E-state index is -0.259. The van der Waals surface area contributed by atoms with E-state index in [2.05, 4.69) is 20.4 Å². The molecule has 3 aromatic rings. The van der Waals surface area contributed by atoms with E-state index in [0.717, 1.165) is 5.56 Å². The molecule has 8 nitrogen and oxygen atoms in total. The second-order valence-corrected chi connectivity index (χ2v) is 5.66. The molecule has 0 atom stereocenters. The Morgan fingerprint density at radius 1 is 1.24 bits per heavy atom. The average Bonchev–Trinajstić information content (AvgIpc) is 3.08. The van der Waals surface area contributed by atoms with Crippen molar-refractivity contribution in [2.45, 2.75) is 20.1 Å². The van der Waals surface area contributed by atoms with E-state index in [1.807, 2.05) is 18.2 Å². The molecule has 2 aromatic heterocycles. The van der Waals surface area contributed by atoms with Gasteiger partial charge in [0.05, 0.1) is 14.2 Å². The predicted octanol–water partition coefficient (Wildman–Crippen LogP) is 2.21. The van der Waals surface area contributed by atoms with Crippen LogP contribution in [0.3, 0.4) is 0 Å². The first kappa shape index (κ1) is 17.2. The molecule has 0 radical (unpaired) electrons. The molecule has 0 aliphatic carbocycles. The molecule has 0 saturated carbocycles. The lowest BCUT2D eigenvalue weighted by atomic mass is 10.2. The molecule has 0 amide bonds. The van der Waals surface area contributed by atoms with Crippen LogP contribution in [0.25, 0.3) is 5.65 Å². The fraction of sp³-hybridized carbons (Fsp3) is 0.312. The van der Waals surface area contributed by atoms with Gasteiger partial charge in [-0.15, -0.1) is 5.10 Å². The number of nitrogens with zero attached hydrogens (tertiary/aromatic N) is 4. The van der Waals surface area contributed by atoms with Crippen molar-refractivity contribution in [2.24, 2.45) is 0 Å². The smallest absolute Gasteiger partial charge is 0.227 e. The summed E-state index contributed by atoms with van der Waals surface area (Å²) in [6.45, 7) is 1.98. The number of fused-ring (bicyclic) bond motifs is 1. The summed E-state index contributed by atoms with van der Waals surface area (Å²) in [5.41, 5.74) is 2.16. The largest absolute Gasteiger partial charge is 0.497 e. The van der Waals surface area contributed by atoms with Gasteiger partial charge in [-0.25, -0.2) is 9.97 Å². The molecule has 0 aliphatic heterocycles. The number of ether oxygens (including phenoxy) is 2. The summed E-state index contributed by atoms with van der Waals surface area (Å²) in [5.74, 6) is 2.13. The summed E-state index contributed by atoms with van der Waals surface area (Å²) in [6, 6.07) is 5.56. The Kier molecular flexibility index (Phi) is 4.91. The van der Waals surface area contributed by atoms with Gasteiger partial charge in [0, 0.05) is 23.7 Å². The van der Waals surface area contributed by atoms with Crippen molar-refractivity contribution in [1.82, 2.24) is 19.6 Å². The molecule has 0 unspecified atom stereocenters. The summed E-state index contributed by atoms with van der Waals surface area (Å²) in [5, 5.41) is 17.0. The van der Waals surface area contributed by atoms with Gasteiger partial charge in [-0.2, -0.15) is 4.52 Å². The zero-order valence-electron chi connectivity index (χ0n) is 14.1. The van der Waals surface area contributed by atoms with Crippen LogP contribution in [0.15, 0.2) is 18.2 Å². The van der Waals surface area contributed by atoms with Crippen LogP contribution in [-0.2, 0) is 13.2 Å². The molecular weight excluding hydrogens is 346 g/mol. The summed E-state index contributed by atoms with van der Waals surface area (Å²) >= 11 is 6.19. The van der Waals surface area contributed by atoms with Gasteiger partial charge in [0.1, 0.15) is 23.3 Å². The van der Waals surface area contributed by atoms with Gasteiger partial charge in [0.15, 0.2) is 11.5 Å². The number of halogens is 1. The Labute approximate surface area is 149 Å². The van der Waals surface area contributed by atoms with E-state index in [-0.39, 0.29) is 6.61 Å². The maximum Gasteiger partial charge on any atom is 0.227 e. The van der Waals surface area contributed by atoms with Crippen LogP contribution in [-0.4, -0.2) is 38.9 Å². The third-order valence-corrected chi connectivity index (χ3v) is 4.14. The van der Waals surface area contributed by atoms with E-state index in [0.29, 0.717) is 46.2 Å². The molecule has 0 saturated heterocycles. The Hall–Kier alpha value is -2.58. The minimum absolute atomic E-state index is 0.259. The molecule has 2 heterocycles. The summed E-state index contributed by atoms with van der Waals surface area (Å²) in [7, 11) is 3.20. The molecule has 0 spiro atoms. The molecule has 132 valence electrons. The monoisotopic (exact) mass is 363 g/mol. The Bertz CT molecular complexity index is 912. The molecule has 0 aliphatic rings. The maximum absolute atomic E-state index is 9.27. The van der Waals surface area contributed by atoms with Crippen LogP contribution < -0.4 is 14.8 Å². The number of methoxy groups -OCH3 is 2. The Balaban J connectivity index is 1.93. The van der Waals surface area contributed by atoms with Crippen LogP contribution in [0, 0.1) is 6.92 Å². The van der Waals surface area contributed by atoms with Crippen molar-refractivity contribution in [3.05, 3.63) is 40.3 Å². The molecule has 3 rings (SSSR count). The number of hydrogen-bond donors (Lipinski definition) is 2. The SMILES string of the molecule is COc1ccc(CNc2nc(Cl)c(C)c3nc(CO)nn23)c(OC)c1. The maximum atomic E-state index is 9.27. The van der Waals surface area contributed by atoms with Gasteiger partial charge >= 0.3 is 0 Å². The average molecular weight is 364 g/mol. The number of hydrogen-bond acceptors (Lipinski definition) is 7. The second kappa shape index (κ2) is 7.12. The third-order valence-electron chi connectivity index (χ3n) is 3.77. The van der Waals surface area contributed by atoms with Crippen molar-refractivity contribution in [1.29, 1.82) is 0 Å². The van der Waals surface area contributed by atoms with Gasteiger partial charge < -0.3 is 19.9 Å². The fourth-order valence-electron chi connectivity index (χ4n) is 2.42. The van der Waals surface area contributed by atoms with Crippen molar-refractivity contribution in [2.75, 3.05) is 19.5 Å². The van der Waals surface area contributed by atoms with Gasteiger partial charge in [-0.3, -0.25) is 0 Å². The standard InChI is InChI=1S/C16H18ClN5O3/c1-9-14(17)20-16(22-15(9)19-13(8-23)21-22)18-7-10-4-5-11(24-2)6-12(10)25-3/h4-6,23H,7-8H2,1-3H3,(H,18,20). The number of nitrogens with one attached hydrogen (secondary N) is 1. The first-order chi connectivity index (χ1) is 12.1. The van der Waals surface area contributed by atoms with E-state index in [9.17, 15) is 5.11 Å². The van der Waals surface area contributed by atoms with Crippen molar-refractivity contribution in [3.63, 3.8) is 0 Å². The molecule has 2 N–H and O–H groups in total.